The molecule has 1 aliphatic rings. The molecule has 17 heavy (non-hydrogen) atoms. The fourth-order valence-corrected chi connectivity index (χ4v) is 2.87. The lowest BCUT2D eigenvalue weighted by atomic mass is 9.87. The Bertz CT molecular complexity index is 424. The van der Waals surface area contributed by atoms with Crippen LogP contribution in [-0.2, 0) is 11.2 Å². The van der Waals surface area contributed by atoms with Crippen molar-refractivity contribution in [2.24, 2.45) is 5.92 Å². The lowest BCUT2D eigenvalue weighted by molar-refractivity contribution is -0.137. The van der Waals surface area contributed by atoms with Gasteiger partial charge in [0.1, 0.15) is 0 Å². The molecule has 1 N–H and O–H groups in total. The van der Waals surface area contributed by atoms with E-state index in [1.807, 2.05) is 6.07 Å². The lowest BCUT2D eigenvalue weighted by Gasteiger charge is -2.18. The SMILES string of the molecule is CCc1cc(Br)ccc1C(CC(=O)O)C1CC1. The molecule has 1 unspecified atom stereocenters. The normalized spacial score (nSPS) is 16.8. The fourth-order valence-electron chi connectivity index (χ4n) is 2.46. The van der Waals surface area contributed by atoms with Crippen molar-refractivity contribution in [3.63, 3.8) is 0 Å². The molecule has 0 amide bonds. The Labute approximate surface area is 110 Å². The van der Waals surface area contributed by atoms with Gasteiger partial charge in [0.2, 0.25) is 0 Å². The third kappa shape index (κ3) is 3.09. The van der Waals surface area contributed by atoms with E-state index >= 15 is 0 Å². The summed E-state index contributed by atoms with van der Waals surface area (Å²) in [4.78, 5) is 11.0. The lowest BCUT2D eigenvalue weighted by Crippen LogP contribution is -2.10. The molecule has 1 atom stereocenters. The van der Waals surface area contributed by atoms with E-state index in [9.17, 15) is 4.79 Å². The number of rotatable bonds is 5. The van der Waals surface area contributed by atoms with Crippen molar-refractivity contribution in [1.82, 2.24) is 0 Å². The van der Waals surface area contributed by atoms with E-state index in [4.69, 9.17) is 5.11 Å². The van der Waals surface area contributed by atoms with Gasteiger partial charge in [0.15, 0.2) is 0 Å². The zero-order valence-corrected chi connectivity index (χ0v) is 11.5. The second-order valence-corrected chi connectivity index (χ2v) is 5.65. The maximum atomic E-state index is 11.0. The molecule has 1 saturated carbocycles. The first-order chi connectivity index (χ1) is 8.11. The van der Waals surface area contributed by atoms with Gasteiger partial charge < -0.3 is 5.11 Å². The highest BCUT2D eigenvalue weighted by Gasteiger charge is 2.34. The molecular formula is C14H17BrO2. The summed E-state index contributed by atoms with van der Waals surface area (Å²) in [7, 11) is 0. The summed E-state index contributed by atoms with van der Waals surface area (Å²) in [6.45, 7) is 2.12. The van der Waals surface area contributed by atoms with Crippen LogP contribution < -0.4 is 0 Å². The van der Waals surface area contributed by atoms with Crippen LogP contribution in [0.4, 0.5) is 0 Å². The van der Waals surface area contributed by atoms with Gasteiger partial charge in [-0.1, -0.05) is 28.9 Å². The van der Waals surface area contributed by atoms with Gasteiger partial charge >= 0.3 is 5.97 Å². The van der Waals surface area contributed by atoms with E-state index in [1.165, 1.54) is 24.0 Å². The molecule has 0 aliphatic heterocycles. The van der Waals surface area contributed by atoms with Crippen molar-refractivity contribution < 1.29 is 9.90 Å². The van der Waals surface area contributed by atoms with Crippen LogP contribution in [0.5, 0.6) is 0 Å². The zero-order chi connectivity index (χ0) is 12.4. The van der Waals surface area contributed by atoms with Gasteiger partial charge in [0, 0.05) is 4.47 Å². The monoisotopic (exact) mass is 296 g/mol. The second-order valence-electron chi connectivity index (χ2n) is 4.74. The Hall–Kier alpha value is -0.830. The molecule has 1 aliphatic carbocycles. The van der Waals surface area contributed by atoms with Crippen molar-refractivity contribution in [3.05, 3.63) is 33.8 Å². The van der Waals surface area contributed by atoms with Crippen LogP contribution in [-0.4, -0.2) is 11.1 Å². The Morgan fingerprint density at radius 1 is 1.53 bits per heavy atom. The van der Waals surface area contributed by atoms with Gasteiger partial charge in [0.25, 0.3) is 0 Å². The standard InChI is InChI=1S/C14H17BrO2/c1-2-9-7-11(15)5-6-12(9)13(8-14(16)17)10-3-4-10/h5-7,10,13H,2-4,8H2,1H3,(H,16,17). The number of hydrogen-bond acceptors (Lipinski definition) is 1. The Morgan fingerprint density at radius 3 is 2.76 bits per heavy atom. The van der Waals surface area contributed by atoms with Gasteiger partial charge in [-0.05, 0) is 54.4 Å². The Balaban J connectivity index is 2.31. The van der Waals surface area contributed by atoms with Gasteiger partial charge in [-0.2, -0.15) is 0 Å². The number of carboxylic acid groups (broad SMARTS) is 1. The summed E-state index contributed by atoms with van der Waals surface area (Å²) in [5, 5.41) is 9.03. The molecule has 2 nitrogen and oxygen atoms in total. The maximum Gasteiger partial charge on any atom is 0.303 e. The molecule has 3 heteroatoms. The van der Waals surface area contributed by atoms with Gasteiger partial charge in [0.05, 0.1) is 6.42 Å². The number of hydrogen-bond donors (Lipinski definition) is 1. The first-order valence-corrected chi connectivity index (χ1v) is 6.91. The van der Waals surface area contributed by atoms with E-state index < -0.39 is 5.97 Å². The smallest absolute Gasteiger partial charge is 0.303 e. The topological polar surface area (TPSA) is 37.3 Å². The second kappa shape index (κ2) is 5.21. The highest BCUT2D eigenvalue weighted by Crippen LogP contribution is 2.45. The summed E-state index contributed by atoms with van der Waals surface area (Å²) in [6.07, 6.45) is 3.57. The summed E-state index contributed by atoms with van der Waals surface area (Å²) in [5.74, 6) is 0.0972. The molecule has 0 saturated heterocycles. The molecular weight excluding hydrogens is 280 g/mol. The van der Waals surface area contributed by atoms with E-state index in [2.05, 4.69) is 35.0 Å². The largest absolute Gasteiger partial charge is 0.481 e. The first kappa shape index (κ1) is 12.6. The number of aliphatic carboxylic acids is 1. The van der Waals surface area contributed by atoms with Crippen molar-refractivity contribution in [1.29, 1.82) is 0 Å². The molecule has 2 rings (SSSR count). The summed E-state index contributed by atoms with van der Waals surface area (Å²) in [5.41, 5.74) is 2.51. The van der Waals surface area contributed by atoms with Crippen LogP contribution in [0.3, 0.4) is 0 Å². The summed E-state index contributed by atoms with van der Waals surface area (Å²) in [6, 6.07) is 6.23. The van der Waals surface area contributed by atoms with Crippen LogP contribution in [0, 0.1) is 5.92 Å². The van der Waals surface area contributed by atoms with Crippen LogP contribution in [0.15, 0.2) is 22.7 Å². The minimum atomic E-state index is -0.688. The molecule has 1 aromatic rings. The van der Waals surface area contributed by atoms with E-state index in [0.717, 1.165) is 10.9 Å². The van der Waals surface area contributed by atoms with Crippen LogP contribution >= 0.6 is 15.9 Å². The fraction of sp³-hybridized carbons (Fsp3) is 0.500. The van der Waals surface area contributed by atoms with Gasteiger partial charge in [-0.15, -0.1) is 0 Å². The number of carboxylic acids is 1. The van der Waals surface area contributed by atoms with Crippen molar-refractivity contribution >= 4 is 21.9 Å². The Kier molecular flexibility index (Phi) is 3.87. The average Bonchev–Trinajstić information content (AvgIpc) is 3.09. The minimum absolute atomic E-state index is 0.204. The predicted molar refractivity (Wildman–Crippen MR) is 71.2 cm³/mol. The number of carbonyl (C=O) groups is 1. The third-order valence-electron chi connectivity index (χ3n) is 3.47. The first-order valence-electron chi connectivity index (χ1n) is 6.12. The van der Waals surface area contributed by atoms with Crippen molar-refractivity contribution in [2.75, 3.05) is 0 Å². The minimum Gasteiger partial charge on any atom is -0.481 e. The molecule has 92 valence electrons. The number of halogens is 1. The molecule has 0 heterocycles. The molecule has 0 aromatic heterocycles. The van der Waals surface area contributed by atoms with Crippen LogP contribution in [0.1, 0.15) is 43.2 Å². The summed E-state index contributed by atoms with van der Waals surface area (Å²) < 4.78 is 1.07. The van der Waals surface area contributed by atoms with Gasteiger partial charge in [-0.25, -0.2) is 0 Å². The quantitative estimate of drug-likeness (QED) is 0.892. The molecule has 0 spiro atoms. The third-order valence-corrected chi connectivity index (χ3v) is 3.96. The van der Waals surface area contributed by atoms with Crippen LogP contribution in [0.2, 0.25) is 0 Å². The van der Waals surface area contributed by atoms with Crippen LogP contribution in [0.25, 0.3) is 0 Å². The van der Waals surface area contributed by atoms with Gasteiger partial charge in [-0.3, -0.25) is 4.79 Å². The molecule has 0 radical (unpaired) electrons. The maximum absolute atomic E-state index is 11.0. The summed E-state index contributed by atoms with van der Waals surface area (Å²) >= 11 is 3.47. The molecule has 0 bridgehead atoms. The highest BCUT2D eigenvalue weighted by molar-refractivity contribution is 9.10. The van der Waals surface area contributed by atoms with E-state index in [-0.39, 0.29) is 12.3 Å². The van der Waals surface area contributed by atoms with E-state index in [0.29, 0.717) is 5.92 Å². The van der Waals surface area contributed by atoms with Crippen molar-refractivity contribution in [2.45, 2.75) is 38.5 Å². The number of aryl methyl sites for hydroxylation is 1. The van der Waals surface area contributed by atoms with E-state index in [1.54, 1.807) is 0 Å². The van der Waals surface area contributed by atoms with Crippen molar-refractivity contribution in [3.8, 4) is 0 Å². The molecule has 1 aromatic carbocycles. The number of benzene rings is 1. The molecule has 1 fully saturated rings. The zero-order valence-electron chi connectivity index (χ0n) is 9.95. The predicted octanol–water partition coefficient (Wildman–Crippen LogP) is 3.98. The average molecular weight is 297 g/mol. The Morgan fingerprint density at radius 2 is 2.24 bits per heavy atom. The highest BCUT2D eigenvalue weighted by atomic mass is 79.9.